The Morgan fingerprint density at radius 3 is 1.94 bits per heavy atom. The Morgan fingerprint density at radius 1 is 0.886 bits per heavy atom. The van der Waals surface area contributed by atoms with Gasteiger partial charge in [0.25, 0.3) is 0 Å². The maximum atomic E-state index is 12.9. The summed E-state index contributed by atoms with van der Waals surface area (Å²) >= 11 is 0. The second-order valence-electron chi connectivity index (χ2n) is 9.07. The van der Waals surface area contributed by atoms with Gasteiger partial charge in [-0.15, -0.1) is 0 Å². The third-order valence-electron chi connectivity index (χ3n) is 5.34. The van der Waals surface area contributed by atoms with Gasteiger partial charge >= 0.3 is 0 Å². The topological polar surface area (TPSA) is 63.6 Å². The lowest BCUT2D eigenvalue weighted by atomic mass is 9.87. The molecule has 6 heteroatoms. The Bertz CT molecular complexity index is 1330. The molecule has 3 aromatic carbocycles. The SMILES string of the molecule is C=C(/C=C\C(=C/C)Oc1ccc(Pc2ccc(O)cc2)cc1)S(=O)(=O)c1ccc(C(C)(C)C)cc1. The number of ether oxygens (including phenoxy) is 1. The van der Waals surface area contributed by atoms with Crippen LogP contribution in [0.2, 0.25) is 0 Å². The van der Waals surface area contributed by atoms with E-state index in [1.165, 1.54) is 6.08 Å². The average Bonchev–Trinajstić information content (AvgIpc) is 2.83. The van der Waals surface area contributed by atoms with Gasteiger partial charge in [-0.05, 0) is 83.1 Å². The first-order chi connectivity index (χ1) is 16.5. The van der Waals surface area contributed by atoms with E-state index in [9.17, 15) is 13.5 Å². The summed E-state index contributed by atoms with van der Waals surface area (Å²) in [7, 11) is -3.23. The van der Waals surface area contributed by atoms with Crippen molar-refractivity contribution < 1.29 is 18.3 Å². The van der Waals surface area contributed by atoms with Crippen LogP contribution in [-0.2, 0) is 15.3 Å². The van der Waals surface area contributed by atoms with Crippen molar-refractivity contribution in [1.29, 1.82) is 0 Å². The summed E-state index contributed by atoms with van der Waals surface area (Å²) in [6.45, 7) is 11.8. The summed E-state index contributed by atoms with van der Waals surface area (Å²) in [6.07, 6.45) is 4.83. The maximum absolute atomic E-state index is 12.9. The molecular formula is C29H31O4PS. The van der Waals surface area contributed by atoms with E-state index < -0.39 is 9.84 Å². The van der Waals surface area contributed by atoms with Crippen LogP contribution in [0, 0.1) is 0 Å². The highest BCUT2D eigenvalue weighted by atomic mass is 32.2. The molecule has 35 heavy (non-hydrogen) atoms. The van der Waals surface area contributed by atoms with E-state index in [1.54, 1.807) is 36.4 Å². The molecule has 1 atom stereocenters. The first-order valence-electron chi connectivity index (χ1n) is 11.2. The predicted molar refractivity (Wildman–Crippen MR) is 147 cm³/mol. The lowest BCUT2D eigenvalue weighted by Crippen LogP contribution is -2.11. The van der Waals surface area contributed by atoms with Gasteiger partial charge in [-0.3, -0.25) is 0 Å². The number of aromatic hydroxyl groups is 1. The molecule has 1 N–H and O–H groups in total. The van der Waals surface area contributed by atoms with E-state index in [1.807, 2.05) is 55.5 Å². The highest BCUT2D eigenvalue weighted by Gasteiger charge is 2.19. The van der Waals surface area contributed by atoms with E-state index >= 15 is 0 Å². The molecule has 0 amide bonds. The molecule has 0 saturated heterocycles. The molecular weight excluding hydrogens is 475 g/mol. The number of phenolic OH excluding ortho intramolecular Hbond substituents is 1. The van der Waals surface area contributed by atoms with E-state index in [-0.39, 0.29) is 21.0 Å². The summed E-state index contributed by atoms with van der Waals surface area (Å²) in [4.78, 5) is 0.211. The van der Waals surface area contributed by atoms with Gasteiger partial charge in [0.1, 0.15) is 17.3 Å². The quantitative estimate of drug-likeness (QED) is 0.226. The normalized spacial score (nSPS) is 13.0. The van der Waals surface area contributed by atoms with Crippen LogP contribution in [0.5, 0.6) is 11.5 Å². The fourth-order valence-electron chi connectivity index (χ4n) is 3.19. The van der Waals surface area contributed by atoms with Crippen LogP contribution in [0.4, 0.5) is 0 Å². The number of benzene rings is 3. The van der Waals surface area contributed by atoms with Gasteiger partial charge in [0.2, 0.25) is 9.84 Å². The monoisotopic (exact) mass is 506 g/mol. The molecule has 0 aliphatic carbocycles. The van der Waals surface area contributed by atoms with Crippen LogP contribution in [0.3, 0.4) is 0 Å². The van der Waals surface area contributed by atoms with Crippen molar-refractivity contribution >= 4 is 29.0 Å². The van der Waals surface area contributed by atoms with Crippen molar-refractivity contribution in [3.05, 3.63) is 114 Å². The number of hydrogen-bond acceptors (Lipinski definition) is 4. The Labute approximate surface area is 210 Å². The Balaban J connectivity index is 1.65. The summed E-state index contributed by atoms with van der Waals surface area (Å²) in [5.41, 5.74) is 1.01. The fourth-order valence-corrected chi connectivity index (χ4v) is 5.24. The molecule has 3 aromatic rings. The van der Waals surface area contributed by atoms with Crippen LogP contribution in [0.25, 0.3) is 0 Å². The minimum atomic E-state index is -3.69. The van der Waals surface area contributed by atoms with Crippen molar-refractivity contribution in [2.24, 2.45) is 0 Å². The van der Waals surface area contributed by atoms with Crippen LogP contribution in [0.1, 0.15) is 33.3 Å². The Hall–Kier alpha value is -3.14. The second kappa shape index (κ2) is 11.1. The van der Waals surface area contributed by atoms with E-state index in [2.05, 4.69) is 27.4 Å². The first-order valence-corrected chi connectivity index (χ1v) is 13.7. The highest BCUT2D eigenvalue weighted by molar-refractivity contribution is 7.95. The average molecular weight is 507 g/mol. The van der Waals surface area contributed by atoms with Crippen molar-refractivity contribution in [2.75, 3.05) is 0 Å². The first kappa shape index (κ1) is 26.5. The molecule has 4 nitrogen and oxygen atoms in total. The van der Waals surface area contributed by atoms with Gasteiger partial charge in [0.05, 0.1) is 9.80 Å². The second-order valence-corrected chi connectivity index (χ2v) is 12.5. The van der Waals surface area contributed by atoms with Gasteiger partial charge < -0.3 is 9.84 Å². The van der Waals surface area contributed by atoms with E-state index in [4.69, 9.17) is 4.74 Å². The third-order valence-corrected chi connectivity index (χ3v) is 8.30. The molecule has 0 saturated carbocycles. The molecule has 0 fully saturated rings. The molecule has 0 heterocycles. The zero-order chi connectivity index (χ0) is 25.6. The minimum absolute atomic E-state index is 0.00518. The number of phenols is 1. The molecule has 0 aliphatic heterocycles. The van der Waals surface area contributed by atoms with Gasteiger partial charge in [0.15, 0.2) is 0 Å². The molecule has 3 rings (SSSR count). The fraction of sp³-hybridized carbons (Fsp3) is 0.172. The molecule has 0 aliphatic rings. The third kappa shape index (κ3) is 7.17. The summed E-state index contributed by atoms with van der Waals surface area (Å²) in [6, 6.07) is 21.8. The van der Waals surface area contributed by atoms with E-state index in [0.717, 1.165) is 16.2 Å². The summed E-state index contributed by atoms with van der Waals surface area (Å²) < 4.78 is 31.8. The largest absolute Gasteiger partial charge is 0.508 e. The number of hydrogen-bond donors (Lipinski definition) is 1. The highest BCUT2D eigenvalue weighted by Crippen LogP contribution is 2.26. The van der Waals surface area contributed by atoms with Gasteiger partial charge in [-0.1, -0.05) is 72.3 Å². The summed E-state index contributed by atoms with van der Waals surface area (Å²) in [5.74, 6) is 1.41. The lowest BCUT2D eigenvalue weighted by Gasteiger charge is -2.19. The Kier molecular flexibility index (Phi) is 8.37. The van der Waals surface area contributed by atoms with Crippen molar-refractivity contribution in [1.82, 2.24) is 0 Å². The number of sulfone groups is 1. The zero-order valence-corrected chi connectivity index (χ0v) is 22.3. The van der Waals surface area contributed by atoms with Crippen LogP contribution < -0.4 is 15.3 Å². The zero-order valence-electron chi connectivity index (χ0n) is 20.4. The van der Waals surface area contributed by atoms with Crippen LogP contribution >= 0.6 is 8.58 Å². The number of rotatable bonds is 8. The maximum Gasteiger partial charge on any atom is 0.206 e. The molecule has 0 aromatic heterocycles. The lowest BCUT2D eigenvalue weighted by molar-refractivity contribution is 0.443. The Morgan fingerprint density at radius 2 is 1.43 bits per heavy atom. The number of allylic oxidation sites excluding steroid dienone is 3. The minimum Gasteiger partial charge on any atom is -0.508 e. The van der Waals surface area contributed by atoms with Crippen molar-refractivity contribution in [3.63, 3.8) is 0 Å². The van der Waals surface area contributed by atoms with Gasteiger partial charge in [0, 0.05) is 0 Å². The predicted octanol–water partition coefficient (Wildman–Crippen LogP) is 6.15. The van der Waals surface area contributed by atoms with Crippen molar-refractivity contribution in [2.45, 2.75) is 38.0 Å². The van der Waals surface area contributed by atoms with Crippen LogP contribution in [-0.4, -0.2) is 13.5 Å². The van der Waals surface area contributed by atoms with Gasteiger partial charge in [-0.2, -0.15) is 0 Å². The van der Waals surface area contributed by atoms with Gasteiger partial charge in [-0.25, -0.2) is 8.42 Å². The molecule has 0 radical (unpaired) electrons. The van der Waals surface area contributed by atoms with Crippen LogP contribution in [0.15, 0.2) is 113 Å². The molecule has 182 valence electrons. The molecule has 1 unspecified atom stereocenters. The van der Waals surface area contributed by atoms with E-state index in [0.29, 0.717) is 20.1 Å². The van der Waals surface area contributed by atoms with Crippen molar-refractivity contribution in [3.8, 4) is 11.5 Å². The summed E-state index contributed by atoms with van der Waals surface area (Å²) in [5, 5.41) is 11.7. The molecule has 0 bridgehead atoms. The molecule has 0 spiro atoms. The standard InChI is InChI=1S/C29H31O4PS/c1-6-24(33-25-13-17-27(18-14-25)34-26-15-10-23(30)11-16-26)12-7-21(2)35(31,32)28-19-8-22(9-20-28)29(3,4)5/h6-20,30,34H,2H2,1,3-5H3/b12-7-,24-6+. The smallest absolute Gasteiger partial charge is 0.206 e.